The van der Waals surface area contributed by atoms with Gasteiger partial charge in [-0.1, -0.05) is 18.2 Å². The van der Waals surface area contributed by atoms with Gasteiger partial charge in [-0.25, -0.2) is 4.79 Å². The van der Waals surface area contributed by atoms with Crippen molar-refractivity contribution in [2.75, 3.05) is 63.7 Å². The Morgan fingerprint density at radius 2 is 1.75 bits per heavy atom. The number of ether oxygens (including phenoxy) is 2. The van der Waals surface area contributed by atoms with E-state index in [2.05, 4.69) is 44.7 Å². The predicted octanol–water partition coefficient (Wildman–Crippen LogP) is 2.65. The number of para-hydroxylation sites is 1. The number of piperazine rings is 1. The highest BCUT2D eigenvalue weighted by molar-refractivity contribution is 5.91. The molecule has 0 atom stereocenters. The molecule has 1 fully saturated rings. The molecule has 1 aliphatic heterocycles. The summed E-state index contributed by atoms with van der Waals surface area (Å²) in [5.74, 6) is 1.24. The quantitative estimate of drug-likeness (QED) is 0.768. The van der Waals surface area contributed by atoms with Crippen LogP contribution < -0.4 is 25.0 Å². The Kier molecular flexibility index (Phi) is 6.97. The number of carbonyl (C=O) groups excluding carboxylic acids is 1. The SMILES string of the molecule is COc1ccc(NC(=O)NCCN2CCN(c3ccccc3)CC2)c(OC)c1. The van der Waals surface area contributed by atoms with Gasteiger partial charge in [-0.15, -0.1) is 0 Å². The lowest BCUT2D eigenvalue weighted by atomic mass is 10.2. The molecule has 1 aliphatic rings. The number of urea groups is 1. The Balaban J connectivity index is 1.39. The number of rotatable bonds is 7. The fourth-order valence-electron chi connectivity index (χ4n) is 3.26. The third kappa shape index (κ3) is 5.29. The minimum Gasteiger partial charge on any atom is -0.497 e. The lowest BCUT2D eigenvalue weighted by Crippen LogP contribution is -2.48. The maximum atomic E-state index is 12.2. The first-order valence-electron chi connectivity index (χ1n) is 9.49. The molecule has 0 radical (unpaired) electrons. The van der Waals surface area contributed by atoms with Gasteiger partial charge >= 0.3 is 6.03 Å². The molecule has 1 saturated heterocycles. The summed E-state index contributed by atoms with van der Waals surface area (Å²) in [5.41, 5.74) is 1.88. The van der Waals surface area contributed by atoms with E-state index in [9.17, 15) is 4.79 Å². The summed E-state index contributed by atoms with van der Waals surface area (Å²) >= 11 is 0. The van der Waals surface area contributed by atoms with Gasteiger partial charge in [0.1, 0.15) is 11.5 Å². The van der Waals surface area contributed by atoms with Crippen LogP contribution >= 0.6 is 0 Å². The highest BCUT2D eigenvalue weighted by Crippen LogP contribution is 2.28. The highest BCUT2D eigenvalue weighted by atomic mass is 16.5. The molecule has 7 nitrogen and oxygen atoms in total. The Labute approximate surface area is 166 Å². The average Bonchev–Trinajstić information content (AvgIpc) is 2.75. The lowest BCUT2D eigenvalue weighted by molar-refractivity contribution is 0.240. The zero-order chi connectivity index (χ0) is 19.8. The van der Waals surface area contributed by atoms with Crippen LogP contribution in [0.2, 0.25) is 0 Å². The number of methoxy groups -OCH3 is 2. The molecule has 7 heteroatoms. The molecule has 2 amide bonds. The molecule has 0 saturated carbocycles. The van der Waals surface area contributed by atoms with Crippen LogP contribution in [-0.4, -0.2) is 64.4 Å². The third-order valence-electron chi connectivity index (χ3n) is 4.86. The molecule has 0 bridgehead atoms. The van der Waals surface area contributed by atoms with Crippen LogP contribution in [0.3, 0.4) is 0 Å². The largest absolute Gasteiger partial charge is 0.497 e. The number of benzene rings is 2. The van der Waals surface area contributed by atoms with E-state index < -0.39 is 0 Å². The smallest absolute Gasteiger partial charge is 0.319 e. The molecule has 3 rings (SSSR count). The van der Waals surface area contributed by atoms with E-state index >= 15 is 0 Å². The maximum absolute atomic E-state index is 12.2. The zero-order valence-corrected chi connectivity index (χ0v) is 16.5. The van der Waals surface area contributed by atoms with Crippen molar-refractivity contribution < 1.29 is 14.3 Å². The third-order valence-corrected chi connectivity index (χ3v) is 4.86. The van der Waals surface area contributed by atoms with E-state index in [1.54, 1.807) is 32.4 Å². The molecular formula is C21H28N4O3. The number of amides is 2. The van der Waals surface area contributed by atoms with Gasteiger partial charge in [0.25, 0.3) is 0 Å². The second kappa shape index (κ2) is 9.85. The predicted molar refractivity (Wildman–Crippen MR) is 112 cm³/mol. The number of nitrogens with zero attached hydrogens (tertiary/aromatic N) is 2. The topological polar surface area (TPSA) is 66.1 Å². The first-order valence-corrected chi connectivity index (χ1v) is 9.49. The van der Waals surface area contributed by atoms with Crippen molar-refractivity contribution in [1.29, 1.82) is 0 Å². The van der Waals surface area contributed by atoms with Gasteiger partial charge in [-0.3, -0.25) is 4.90 Å². The van der Waals surface area contributed by atoms with E-state index in [4.69, 9.17) is 9.47 Å². The van der Waals surface area contributed by atoms with Crippen LogP contribution in [0.25, 0.3) is 0 Å². The van der Waals surface area contributed by atoms with Crippen molar-refractivity contribution in [2.24, 2.45) is 0 Å². The number of hydrogen-bond acceptors (Lipinski definition) is 5. The minimum atomic E-state index is -0.244. The monoisotopic (exact) mass is 384 g/mol. The van der Waals surface area contributed by atoms with E-state index in [1.165, 1.54) is 5.69 Å². The summed E-state index contributed by atoms with van der Waals surface area (Å²) in [5, 5.41) is 5.73. The first kappa shape index (κ1) is 19.8. The second-order valence-corrected chi connectivity index (χ2v) is 6.61. The molecule has 28 heavy (non-hydrogen) atoms. The van der Waals surface area contributed by atoms with Crippen molar-refractivity contribution in [3.05, 3.63) is 48.5 Å². The van der Waals surface area contributed by atoms with Gasteiger partial charge in [0.05, 0.1) is 19.9 Å². The van der Waals surface area contributed by atoms with Crippen LogP contribution in [0.1, 0.15) is 0 Å². The molecule has 0 aromatic heterocycles. The molecule has 0 aliphatic carbocycles. The Hall–Kier alpha value is -2.93. The Morgan fingerprint density at radius 3 is 2.43 bits per heavy atom. The maximum Gasteiger partial charge on any atom is 0.319 e. The van der Waals surface area contributed by atoms with Crippen molar-refractivity contribution in [3.63, 3.8) is 0 Å². The lowest BCUT2D eigenvalue weighted by Gasteiger charge is -2.36. The molecule has 2 aromatic carbocycles. The first-order chi connectivity index (χ1) is 13.7. The number of anilines is 2. The second-order valence-electron chi connectivity index (χ2n) is 6.61. The van der Waals surface area contributed by atoms with Gasteiger partial charge in [0, 0.05) is 51.0 Å². The standard InChI is InChI=1S/C21H28N4O3/c1-27-18-8-9-19(20(16-18)28-2)23-21(26)22-10-11-24-12-14-25(15-13-24)17-6-4-3-5-7-17/h3-9,16H,10-15H2,1-2H3,(H2,22,23,26). The molecular weight excluding hydrogens is 356 g/mol. The van der Waals surface area contributed by atoms with E-state index in [0.717, 1.165) is 32.7 Å². The normalized spacial score (nSPS) is 14.4. The molecule has 2 aromatic rings. The van der Waals surface area contributed by atoms with Crippen LogP contribution in [0.5, 0.6) is 11.5 Å². The zero-order valence-electron chi connectivity index (χ0n) is 16.5. The molecule has 0 spiro atoms. The van der Waals surface area contributed by atoms with Crippen molar-refractivity contribution >= 4 is 17.4 Å². The fourth-order valence-corrected chi connectivity index (χ4v) is 3.26. The van der Waals surface area contributed by atoms with Gasteiger partial charge in [-0.2, -0.15) is 0 Å². The summed E-state index contributed by atoms with van der Waals surface area (Å²) in [7, 11) is 3.15. The van der Waals surface area contributed by atoms with E-state index in [1.807, 2.05) is 6.07 Å². The molecule has 1 heterocycles. The summed E-state index contributed by atoms with van der Waals surface area (Å²) < 4.78 is 10.5. The fraction of sp³-hybridized carbons (Fsp3) is 0.381. The van der Waals surface area contributed by atoms with Gasteiger partial charge in [0.2, 0.25) is 0 Å². The van der Waals surface area contributed by atoms with Crippen LogP contribution in [0.4, 0.5) is 16.2 Å². The van der Waals surface area contributed by atoms with Crippen LogP contribution in [0.15, 0.2) is 48.5 Å². The van der Waals surface area contributed by atoms with Crippen molar-refractivity contribution in [3.8, 4) is 11.5 Å². The summed E-state index contributed by atoms with van der Waals surface area (Å²) in [4.78, 5) is 16.9. The van der Waals surface area contributed by atoms with Gasteiger partial charge in [-0.05, 0) is 24.3 Å². The Bertz CT molecular complexity index is 762. The van der Waals surface area contributed by atoms with Crippen LogP contribution in [-0.2, 0) is 0 Å². The molecule has 0 unspecified atom stereocenters. The summed E-state index contributed by atoms with van der Waals surface area (Å²) in [6.45, 7) is 5.40. The molecule has 2 N–H and O–H groups in total. The average molecular weight is 384 g/mol. The molecule has 150 valence electrons. The summed E-state index contributed by atoms with van der Waals surface area (Å²) in [6.07, 6.45) is 0. The van der Waals surface area contributed by atoms with Gasteiger partial charge in [0.15, 0.2) is 0 Å². The highest BCUT2D eigenvalue weighted by Gasteiger charge is 2.17. The van der Waals surface area contributed by atoms with Crippen molar-refractivity contribution in [2.45, 2.75) is 0 Å². The van der Waals surface area contributed by atoms with Crippen LogP contribution in [0, 0.1) is 0 Å². The van der Waals surface area contributed by atoms with E-state index in [-0.39, 0.29) is 6.03 Å². The van der Waals surface area contributed by atoms with Gasteiger partial charge < -0.3 is 25.0 Å². The van der Waals surface area contributed by atoms with E-state index in [0.29, 0.717) is 23.7 Å². The Morgan fingerprint density at radius 1 is 1.00 bits per heavy atom. The summed E-state index contributed by atoms with van der Waals surface area (Å²) in [6, 6.07) is 15.5. The number of hydrogen-bond donors (Lipinski definition) is 2. The number of nitrogens with one attached hydrogen (secondary N) is 2. The number of carbonyl (C=O) groups is 1. The van der Waals surface area contributed by atoms with Crippen molar-refractivity contribution in [1.82, 2.24) is 10.2 Å². The minimum absolute atomic E-state index is 0.244.